The van der Waals surface area contributed by atoms with Crippen LogP contribution in [0.5, 0.6) is 5.75 Å². The van der Waals surface area contributed by atoms with Crippen molar-refractivity contribution in [3.05, 3.63) is 24.0 Å². The molecule has 0 aromatic carbocycles. The normalized spacial score (nSPS) is 12.7. The summed E-state index contributed by atoms with van der Waals surface area (Å²) < 4.78 is 11.0. The SMILES string of the molecule is CNC(C)c1ccc(OCCOCC(C)C)cn1. The van der Waals surface area contributed by atoms with E-state index in [1.807, 2.05) is 19.2 Å². The van der Waals surface area contributed by atoms with Gasteiger partial charge in [-0.3, -0.25) is 4.98 Å². The maximum Gasteiger partial charge on any atom is 0.137 e. The van der Waals surface area contributed by atoms with E-state index in [4.69, 9.17) is 9.47 Å². The van der Waals surface area contributed by atoms with Crippen LogP contribution in [0.4, 0.5) is 0 Å². The van der Waals surface area contributed by atoms with E-state index in [0.29, 0.717) is 19.1 Å². The number of hydrogen-bond acceptors (Lipinski definition) is 4. The van der Waals surface area contributed by atoms with Gasteiger partial charge in [0, 0.05) is 12.6 Å². The molecular weight excluding hydrogens is 228 g/mol. The molecule has 4 nitrogen and oxygen atoms in total. The van der Waals surface area contributed by atoms with Crippen LogP contribution in [0.15, 0.2) is 18.3 Å². The summed E-state index contributed by atoms with van der Waals surface area (Å²) in [5.41, 5.74) is 1.01. The van der Waals surface area contributed by atoms with Crippen molar-refractivity contribution >= 4 is 0 Å². The molecule has 102 valence electrons. The van der Waals surface area contributed by atoms with Gasteiger partial charge < -0.3 is 14.8 Å². The van der Waals surface area contributed by atoms with Gasteiger partial charge in [-0.15, -0.1) is 0 Å². The molecule has 0 aliphatic heterocycles. The Balaban J connectivity index is 2.27. The molecule has 1 unspecified atom stereocenters. The molecule has 0 saturated carbocycles. The third kappa shape index (κ3) is 5.47. The van der Waals surface area contributed by atoms with Crippen molar-refractivity contribution in [2.24, 2.45) is 5.92 Å². The van der Waals surface area contributed by atoms with Gasteiger partial charge in [0.15, 0.2) is 0 Å². The van der Waals surface area contributed by atoms with Crippen molar-refractivity contribution in [3.8, 4) is 5.75 Å². The Bertz CT molecular complexity index is 325. The summed E-state index contributed by atoms with van der Waals surface area (Å²) in [7, 11) is 1.92. The molecule has 1 atom stereocenters. The maximum atomic E-state index is 5.55. The predicted octanol–water partition coefficient (Wildman–Crippen LogP) is 2.41. The van der Waals surface area contributed by atoms with Crippen LogP contribution in [-0.4, -0.2) is 31.9 Å². The lowest BCUT2D eigenvalue weighted by molar-refractivity contribution is 0.0818. The number of hydrogen-bond donors (Lipinski definition) is 1. The van der Waals surface area contributed by atoms with Crippen molar-refractivity contribution in [1.82, 2.24) is 10.3 Å². The van der Waals surface area contributed by atoms with Gasteiger partial charge >= 0.3 is 0 Å². The number of pyridine rings is 1. The van der Waals surface area contributed by atoms with E-state index in [1.54, 1.807) is 6.20 Å². The van der Waals surface area contributed by atoms with Crippen LogP contribution in [0.2, 0.25) is 0 Å². The second-order valence-electron chi connectivity index (χ2n) is 4.75. The molecule has 0 saturated heterocycles. The van der Waals surface area contributed by atoms with Gasteiger partial charge in [-0.25, -0.2) is 0 Å². The summed E-state index contributed by atoms with van der Waals surface area (Å²) in [6, 6.07) is 4.18. The molecule has 18 heavy (non-hydrogen) atoms. The van der Waals surface area contributed by atoms with E-state index in [9.17, 15) is 0 Å². The Labute approximate surface area is 110 Å². The summed E-state index contributed by atoms with van der Waals surface area (Å²) in [5.74, 6) is 1.35. The highest BCUT2D eigenvalue weighted by atomic mass is 16.5. The van der Waals surface area contributed by atoms with Crippen LogP contribution in [0.25, 0.3) is 0 Å². The fourth-order valence-corrected chi connectivity index (χ4v) is 1.42. The minimum atomic E-state index is 0.258. The number of aromatic nitrogens is 1. The first-order valence-electron chi connectivity index (χ1n) is 6.47. The van der Waals surface area contributed by atoms with Crippen LogP contribution < -0.4 is 10.1 Å². The second kappa shape index (κ2) is 8.06. The molecule has 4 heteroatoms. The lowest BCUT2D eigenvalue weighted by Crippen LogP contribution is -2.14. The van der Waals surface area contributed by atoms with Gasteiger partial charge in [0.2, 0.25) is 0 Å². The molecule has 1 N–H and O–H groups in total. The predicted molar refractivity (Wildman–Crippen MR) is 72.9 cm³/mol. The third-order valence-corrected chi connectivity index (χ3v) is 2.58. The van der Waals surface area contributed by atoms with Crippen LogP contribution in [-0.2, 0) is 4.74 Å². The Hall–Kier alpha value is -1.13. The zero-order valence-corrected chi connectivity index (χ0v) is 11.8. The minimum Gasteiger partial charge on any atom is -0.490 e. The first-order chi connectivity index (χ1) is 8.63. The fraction of sp³-hybridized carbons (Fsp3) is 0.643. The summed E-state index contributed by atoms with van der Waals surface area (Å²) in [6.45, 7) is 8.30. The average molecular weight is 252 g/mol. The van der Waals surface area contributed by atoms with E-state index in [2.05, 4.69) is 31.1 Å². The zero-order valence-electron chi connectivity index (χ0n) is 11.8. The quantitative estimate of drug-likeness (QED) is 0.722. The summed E-state index contributed by atoms with van der Waals surface area (Å²) in [4.78, 5) is 4.35. The highest BCUT2D eigenvalue weighted by Gasteiger charge is 2.03. The lowest BCUT2D eigenvalue weighted by Gasteiger charge is -2.11. The molecule has 0 amide bonds. The molecule has 1 aromatic rings. The molecule has 0 fully saturated rings. The topological polar surface area (TPSA) is 43.4 Å². The minimum absolute atomic E-state index is 0.258. The molecule has 0 aliphatic rings. The zero-order chi connectivity index (χ0) is 13.4. The molecule has 0 radical (unpaired) electrons. The largest absolute Gasteiger partial charge is 0.490 e. The number of rotatable bonds is 8. The van der Waals surface area contributed by atoms with Crippen molar-refractivity contribution in [1.29, 1.82) is 0 Å². The maximum absolute atomic E-state index is 5.55. The van der Waals surface area contributed by atoms with Gasteiger partial charge in [0.1, 0.15) is 12.4 Å². The Morgan fingerprint density at radius 3 is 2.56 bits per heavy atom. The summed E-state index contributed by atoms with van der Waals surface area (Å²) >= 11 is 0. The van der Waals surface area contributed by atoms with Crippen LogP contribution in [0, 0.1) is 5.92 Å². The first-order valence-corrected chi connectivity index (χ1v) is 6.47. The highest BCUT2D eigenvalue weighted by Crippen LogP contribution is 2.13. The monoisotopic (exact) mass is 252 g/mol. The van der Waals surface area contributed by atoms with Gasteiger partial charge in [-0.05, 0) is 32.0 Å². The van der Waals surface area contributed by atoms with E-state index < -0.39 is 0 Å². The second-order valence-corrected chi connectivity index (χ2v) is 4.75. The van der Waals surface area contributed by atoms with Crippen molar-refractivity contribution < 1.29 is 9.47 Å². The van der Waals surface area contributed by atoms with Crippen LogP contribution in [0.1, 0.15) is 32.5 Å². The fourth-order valence-electron chi connectivity index (χ4n) is 1.42. The highest BCUT2D eigenvalue weighted by molar-refractivity contribution is 5.21. The Morgan fingerprint density at radius 2 is 2.00 bits per heavy atom. The lowest BCUT2D eigenvalue weighted by atomic mass is 10.2. The van der Waals surface area contributed by atoms with E-state index >= 15 is 0 Å². The Kier molecular flexibility index (Phi) is 6.68. The van der Waals surface area contributed by atoms with Gasteiger partial charge in [-0.1, -0.05) is 13.8 Å². The van der Waals surface area contributed by atoms with Gasteiger partial charge in [-0.2, -0.15) is 0 Å². The molecule has 0 spiro atoms. The average Bonchev–Trinajstić information content (AvgIpc) is 2.38. The number of nitrogens with zero attached hydrogens (tertiary/aromatic N) is 1. The van der Waals surface area contributed by atoms with E-state index in [1.165, 1.54) is 0 Å². The molecule has 0 aliphatic carbocycles. The van der Waals surface area contributed by atoms with Crippen molar-refractivity contribution in [2.75, 3.05) is 26.9 Å². The summed E-state index contributed by atoms with van der Waals surface area (Å²) in [6.07, 6.45) is 1.76. The van der Waals surface area contributed by atoms with Crippen molar-refractivity contribution in [3.63, 3.8) is 0 Å². The molecular formula is C14H24N2O2. The first kappa shape index (κ1) is 14.9. The third-order valence-electron chi connectivity index (χ3n) is 2.58. The smallest absolute Gasteiger partial charge is 0.137 e. The van der Waals surface area contributed by atoms with Gasteiger partial charge in [0.05, 0.1) is 18.5 Å². The van der Waals surface area contributed by atoms with Crippen molar-refractivity contribution in [2.45, 2.75) is 26.8 Å². The molecule has 1 aromatic heterocycles. The van der Waals surface area contributed by atoms with Crippen LogP contribution >= 0.6 is 0 Å². The number of nitrogens with one attached hydrogen (secondary N) is 1. The number of ether oxygens (including phenoxy) is 2. The molecule has 1 rings (SSSR count). The standard InChI is InChI=1S/C14H24N2O2/c1-11(2)10-17-7-8-18-13-5-6-14(16-9-13)12(3)15-4/h5-6,9,11-12,15H,7-8,10H2,1-4H3. The summed E-state index contributed by atoms with van der Waals surface area (Å²) in [5, 5.41) is 3.15. The van der Waals surface area contributed by atoms with Gasteiger partial charge in [0.25, 0.3) is 0 Å². The Morgan fingerprint density at radius 1 is 1.22 bits per heavy atom. The molecule has 1 heterocycles. The molecule has 0 bridgehead atoms. The van der Waals surface area contributed by atoms with E-state index in [0.717, 1.165) is 18.1 Å². The van der Waals surface area contributed by atoms with E-state index in [-0.39, 0.29) is 6.04 Å². The van der Waals surface area contributed by atoms with Crippen LogP contribution in [0.3, 0.4) is 0 Å².